The zero-order chi connectivity index (χ0) is 18.4. The number of carbonyl (C=O) groups excluding carboxylic acids is 2. The third-order valence-electron chi connectivity index (χ3n) is 4.54. The third-order valence-corrected chi connectivity index (χ3v) is 4.54. The van der Waals surface area contributed by atoms with Gasteiger partial charge in [-0.15, -0.1) is 0 Å². The molecule has 0 aromatic heterocycles. The first-order valence-corrected chi connectivity index (χ1v) is 8.75. The summed E-state index contributed by atoms with van der Waals surface area (Å²) in [5.74, 6) is -0.0740. The Balaban J connectivity index is 1.92. The fourth-order valence-corrected chi connectivity index (χ4v) is 3.04. The zero-order valence-electron chi connectivity index (χ0n) is 15.7. The first kappa shape index (κ1) is 19.2. The van der Waals surface area contributed by atoms with Gasteiger partial charge < -0.3 is 15.0 Å². The summed E-state index contributed by atoms with van der Waals surface area (Å²) in [5.41, 5.74) is 1.58. The minimum Gasteiger partial charge on any atom is -0.453 e. The Morgan fingerprint density at radius 3 is 2.44 bits per heavy atom. The molecule has 1 N–H and O–H groups in total. The Morgan fingerprint density at radius 2 is 1.80 bits per heavy atom. The number of ether oxygens (including phenoxy) is 1. The SMILES string of the molecule is COC(=O)NC(C)(C)C(=O)N1CCCN(Cc2ccc(C)cc2)CC1. The van der Waals surface area contributed by atoms with Gasteiger partial charge in [-0.2, -0.15) is 0 Å². The van der Waals surface area contributed by atoms with Crippen molar-refractivity contribution in [1.29, 1.82) is 0 Å². The van der Waals surface area contributed by atoms with Crippen LogP contribution in [0.5, 0.6) is 0 Å². The number of carbonyl (C=O) groups is 2. The summed E-state index contributed by atoms with van der Waals surface area (Å²) in [6.07, 6.45) is 0.334. The minimum atomic E-state index is -0.973. The maximum Gasteiger partial charge on any atom is 0.407 e. The van der Waals surface area contributed by atoms with Crippen LogP contribution in [0.1, 0.15) is 31.4 Å². The van der Waals surface area contributed by atoms with Crippen molar-refractivity contribution < 1.29 is 14.3 Å². The smallest absolute Gasteiger partial charge is 0.407 e. The summed E-state index contributed by atoms with van der Waals surface area (Å²) in [5, 5.41) is 2.61. The number of amides is 2. The number of nitrogens with one attached hydrogen (secondary N) is 1. The van der Waals surface area contributed by atoms with Crippen LogP contribution >= 0.6 is 0 Å². The van der Waals surface area contributed by atoms with Crippen LogP contribution in [-0.2, 0) is 16.1 Å². The molecule has 0 atom stereocenters. The van der Waals surface area contributed by atoms with Crippen molar-refractivity contribution in [3.05, 3.63) is 35.4 Å². The number of aryl methyl sites for hydroxylation is 1. The van der Waals surface area contributed by atoms with Crippen LogP contribution in [-0.4, -0.2) is 60.6 Å². The molecule has 0 saturated carbocycles. The molecule has 1 heterocycles. The maximum absolute atomic E-state index is 12.8. The zero-order valence-corrected chi connectivity index (χ0v) is 15.7. The number of methoxy groups -OCH3 is 1. The summed E-state index contributed by atoms with van der Waals surface area (Å²) in [7, 11) is 1.30. The van der Waals surface area contributed by atoms with Crippen molar-refractivity contribution in [3.63, 3.8) is 0 Å². The van der Waals surface area contributed by atoms with Gasteiger partial charge in [-0.25, -0.2) is 4.79 Å². The molecule has 1 aromatic rings. The molecule has 6 heteroatoms. The van der Waals surface area contributed by atoms with Crippen LogP contribution in [0.2, 0.25) is 0 Å². The van der Waals surface area contributed by atoms with Crippen LogP contribution < -0.4 is 5.32 Å². The lowest BCUT2D eigenvalue weighted by Gasteiger charge is -2.31. The molecule has 0 radical (unpaired) electrons. The summed E-state index contributed by atoms with van der Waals surface area (Å²) >= 11 is 0. The number of rotatable bonds is 4. The highest BCUT2D eigenvalue weighted by molar-refractivity contribution is 5.89. The van der Waals surface area contributed by atoms with E-state index in [1.54, 1.807) is 13.8 Å². The van der Waals surface area contributed by atoms with Crippen LogP contribution in [0.25, 0.3) is 0 Å². The molecule has 6 nitrogen and oxygen atoms in total. The molecule has 1 aromatic carbocycles. The second kappa shape index (κ2) is 8.34. The van der Waals surface area contributed by atoms with Crippen molar-refractivity contribution in [1.82, 2.24) is 15.1 Å². The fourth-order valence-electron chi connectivity index (χ4n) is 3.04. The number of nitrogens with zero attached hydrogens (tertiary/aromatic N) is 2. The van der Waals surface area contributed by atoms with Crippen LogP contribution in [0.15, 0.2) is 24.3 Å². The van der Waals surface area contributed by atoms with E-state index in [1.807, 2.05) is 4.90 Å². The van der Waals surface area contributed by atoms with Gasteiger partial charge in [0.25, 0.3) is 0 Å². The van der Waals surface area contributed by atoms with Gasteiger partial charge in [0.15, 0.2) is 0 Å². The van der Waals surface area contributed by atoms with Gasteiger partial charge in [0, 0.05) is 32.7 Å². The standard InChI is InChI=1S/C19H29N3O3/c1-15-6-8-16(9-7-15)14-21-10-5-11-22(13-12-21)17(23)19(2,3)20-18(24)25-4/h6-9H,5,10-14H2,1-4H3,(H,20,24). The highest BCUT2D eigenvalue weighted by atomic mass is 16.5. The predicted molar refractivity (Wildman–Crippen MR) is 97.3 cm³/mol. The quantitative estimate of drug-likeness (QED) is 0.907. The molecule has 1 aliphatic rings. The van der Waals surface area contributed by atoms with E-state index in [4.69, 9.17) is 0 Å². The highest BCUT2D eigenvalue weighted by Crippen LogP contribution is 2.14. The van der Waals surface area contributed by atoms with Gasteiger partial charge in [0.05, 0.1) is 7.11 Å². The molecule has 0 bridgehead atoms. The lowest BCUT2D eigenvalue weighted by atomic mass is 10.0. The third kappa shape index (κ3) is 5.46. The molecule has 0 unspecified atom stereocenters. The van der Waals surface area contributed by atoms with Crippen molar-refractivity contribution in [2.75, 3.05) is 33.3 Å². The van der Waals surface area contributed by atoms with E-state index in [2.05, 4.69) is 46.1 Å². The fraction of sp³-hybridized carbons (Fsp3) is 0.579. The van der Waals surface area contributed by atoms with E-state index in [0.717, 1.165) is 26.1 Å². The summed E-state index contributed by atoms with van der Waals surface area (Å²) in [6, 6.07) is 8.58. The predicted octanol–water partition coefficient (Wildman–Crippen LogP) is 2.16. The Kier molecular flexibility index (Phi) is 6.42. The molecule has 1 saturated heterocycles. The van der Waals surface area contributed by atoms with Crippen LogP contribution in [0.3, 0.4) is 0 Å². The summed E-state index contributed by atoms with van der Waals surface area (Å²) in [4.78, 5) is 28.4. The molecular formula is C19H29N3O3. The van der Waals surface area contributed by atoms with Gasteiger partial charge in [-0.3, -0.25) is 9.69 Å². The lowest BCUT2D eigenvalue weighted by molar-refractivity contribution is -0.136. The second-order valence-corrected chi connectivity index (χ2v) is 7.15. The van der Waals surface area contributed by atoms with Gasteiger partial charge >= 0.3 is 6.09 Å². The number of alkyl carbamates (subject to hydrolysis) is 1. The normalized spacial score (nSPS) is 16.2. The minimum absolute atomic E-state index is 0.0740. The van der Waals surface area contributed by atoms with E-state index in [9.17, 15) is 9.59 Å². The summed E-state index contributed by atoms with van der Waals surface area (Å²) in [6.45, 7) is 9.56. The maximum atomic E-state index is 12.8. The Labute approximate surface area is 150 Å². The van der Waals surface area contributed by atoms with E-state index in [0.29, 0.717) is 13.1 Å². The average molecular weight is 347 g/mol. The molecule has 1 aliphatic heterocycles. The first-order valence-electron chi connectivity index (χ1n) is 8.75. The molecule has 138 valence electrons. The number of hydrogen-bond donors (Lipinski definition) is 1. The van der Waals surface area contributed by atoms with Crippen molar-refractivity contribution >= 4 is 12.0 Å². The Bertz CT molecular complexity index is 598. The largest absolute Gasteiger partial charge is 0.453 e. The number of benzene rings is 1. The van der Waals surface area contributed by atoms with E-state index in [-0.39, 0.29) is 5.91 Å². The Hall–Kier alpha value is -2.08. The molecule has 25 heavy (non-hydrogen) atoms. The molecular weight excluding hydrogens is 318 g/mol. The van der Waals surface area contributed by atoms with Crippen LogP contribution in [0.4, 0.5) is 4.79 Å². The second-order valence-electron chi connectivity index (χ2n) is 7.15. The van der Waals surface area contributed by atoms with Gasteiger partial charge in [0.2, 0.25) is 5.91 Å². The van der Waals surface area contributed by atoms with E-state index < -0.39 is 11.6 Å². The summed E-state index contributed by atoms with van der Waals surface area (Å²) < 4.78 is 4.61. The van der Waals surface area contributed by atoms with E-state index in [1.165, 1.54) is 18.2 Å². The monoisotopic (exact) mass is 347 g/mol. The lowest BCUT2D eigenvalue weighted by Crippen LogP contribution is -2.56. The van der Waals surface area contributed by atoms with Crippen molar-refractivity contribution in [2.45, 2.75) is 39.3 Å². The molecule has 2 rings (SSSR count). The average Bonchev–Trinajstić information content (AvgIpc) is 2.81. The Morgan fingerprint density at radius 1 is 1.12 bits per heavy atom. The van der Waals surface area contributed by atoms with Gasteiger partial charge in [-0.05, 0) is 32.8 Å². The molecule has 0 aliphatic carbocycles. The molecule has 2 amide bonds. The molecule has 1 fully saturated rings. The first-order chi connectivity index (χ1) is 11.8. The highest BCUT2D eigenvalue weighted by Gasteiger charge is 2.34. The van der Waals surface area contributed by atoms with Gasteiger partial charge in [-0.1, -0.05) is 29.8 Å². The van der Waals surface area contributed by atoms with Crippen molar-refractivity contribution in [2.24, 2.45) is 0 Å². The topological polar surface area (TPSA) is 61.9 Å². The molecule has 0 spiro atoms. The van der Waals surface area contributed by atoms with Crippen molar-refractivity contribution in [3.8, 4) is 0 Å². The van der Waals surface area contributed by atoms with Crippen LogP contribution in [0, 0.1) is 6.92 Å². The number of hydrogen-bond acceptors (Lipinski definition) is 4. The van der Waals surface area contributed by atoms with E-state index >= 15 is 0 Å². The van der Waals surface area contributed by atoms with Gasteiger partial charge in [0.1, 0.15) is 5.54 Å².